The van der Waals surface area contributed by atoms with E-state index in [2.05, 4.69) is 0 Å². The van der Waals surface area contributed by atoms with E-state index in [1.54, 1.807) is 65.6 Å². The minimum absolute atomic E-state index is 0.00906. The number of carbonyl (C=O) groups is 3. The number of para-hydroxylation sites is 2. The molecule has 1 aliphatic rings. The van der Waals surface area contributed by atoms with Crippen LogP contribution in [0, 0.1) is 0 Å². The van der Waals surface area contributed by atoms with Gasteiger partial charge in [0.25, 0.3) is 0 Å². The Bertz CT molecular complexity index is 1540. The summed E-state index contributed by atoms with van der Waals surface area (Å²) in [6.07, 6.45) is -4.92. The summed E-state index contributed by atoms with van der Waals surface area (Å²) in [6, 6.07) is 15.9. The highest BCUT2D eigenvalue weighted by molar-refractivity contribution is 6.01. The first kappa shape index (κ1) is 40.0. The maximum Gasteiger partial charge on any atom is 0.416 e. The molecule has 1 saturated heterocycles. The average Bonchev–Trinajstić information content (AvgIpc) is 3.13. The van der Waals surface area contributed by atoms with Crippen molar-refractivity contribution in [3.8, 4) is 0 Å². The van der Waals surface area contributed by atoms with Crippen molar-refractivity contribution in [2.24, 2.45) is 0 Å². The van der Waals surface area contributed by atoms with E-state index in [4.69, 9.17) is 4.74 Å². The van der Waals surface area contributed by atoms with Crippen molar-refractivity contribution in [3.63, 3.8) is 0 Å². The molecule has 282 valence electrons. The van der Waals surface area contributed by atoms with Gasteiger partial charge in [-0.15, -0.1) is 0 Å². The first-order valence-corrected chi connectivity index (χ1v) is 17.4. The molecule has 0 aromatic heterocycles. The predicted octanol–water partition coefficient (Wildman–Crippen LogP) is 9.51. The molecule has 1 atom stereocenters. The SMILES string of the molecule is CCCCCN(CCCCC)C(=O)N1CCN(C(=O)N(c2ccccc2)c2ccccc2)C(C(=O)OCc2cc(C(F)(F)F)cc(C(F)(F)F)c2)C1. The molecular weight excluding hydrogens is 690 g/mol. The van der Waals surface area contributed by atoms with E-state index >= 15 is 0 Å². The van der Waals surface area contributed by atoms with E-state index in [9.17, 15) is 40.7 Å². The number of piperazine rings is 1. The number of benzene rings is 3. The van der Waals surface area contributed by atoms with Crippen molar-refractivity contribution in [2.75, 3.05) is 37.6 Å². The van der Waals surface area contributed by atoms with Crippen LogP contribution in [0.5, 0.6) is 0 Å². The number of ether oxygens (including phenoxy) is 1. The predicted molar refractivity (Wildman–Crippen MR) is 185 cm³/mol. The van der Waals surface area contributed by atoms with Crippen molar-refractivity contribution < 1.29 is 45.5 Å². The zero-order chi connectivity index (χ0) is 37.9. The molecule has 0 aliphatic carbocycles. The maximum atomic E-state index is 14.4. The Morgan fingerprint density at radius 1 is 0.712 bits per heavy atom. The highest BCUT2D eigenvalue weighted by atomic mass is 19.4. The van der Waals surface area contributed by atoms with E-state index in [1.807, 2.05) is 13.8 Å². The Kier molecular flexibility index (Phi) is 14.0. The summed E-state index contributed by atoms with van der Waals surface area (Å²) in [5, 5.41) is 0. The van der Waals surface area contributed by atoms with E-state index in [0.717, 1.165) is 38.5 Å². The first-order valence-electron chi connectivity index (χ1n) is 17.4. The van der Waals surface area contributed by atoms with Crippen molar-refractivity contribution in [3.05, 3.63) is 95.6 Å². The van der Waals surface area contributed by atoms with Gasteiger partial charge in [-0.2, -0.15) is 26.3 Å². The Balaban J connectivity index is 1.67. The third kappa shape index (κ3) is 10.6. The van der Waals surface area contributed by atoms with Gasteiger partial charge in [-0.3, -0.25) is 4.90 Å². The summed E-state index contributed by atoms with van der Waals surface area (Å²) in [5.74, 6) is -1.08. The molecule has 3 aromatic carbocycles. The molecule has 3 aromatic rings. The van der Waals surface area contributed by atoms with Gasteiger partial charge in [-0.1, -0.05) is 75.9 Å². The second-order valence-electron chi connectivity index (χ2n) is 12.6. The number of nitrogens with zero attached hydrogens (tertiary/aromatic N) is 4. The molecule has 1 fully saturated rings. The molecule has 0 N–H and O–H groups in total. The van der Waals surface area contributed by atoms with Gasteiger partial charge in [0.05, 0.1) is 29.0 Å². The van der Waals surface area contributed by atoms with Gasteiger partial charge in [0.2, 0.25) is 0 Å². The molecule has 0 spiro atoms. The average molecular weight is 735 g/mol. The van der Waals surface area contributed by atoms with Gasteiger partial charge in [0, 0.05) is 26.2 Å². The van der Waals surface area contributed by atoms with Crippen LogP contribution < -0.4 is 4.90 Å². The van der Waals surface area contributed by atoms with Crippen LogP contribution in [-0.2, 0) is 28.5 Å². The van der Waals surface area contributed by atoms with Crippen LogP contribution in [0.25, 0.3) is 0 Å². The molecule has 1 aliphatic heterocycles. The number of halogens is 6. The number of amides is 4. The zero-order valence-electron chi connectivity index (χ0n) is 29.3. The van der Waals surface area contributed by atoms with Crippen LogP contribution in [-0.4, -0.2) is 71.5 Å². The quantitative estimate of drug-likeness (QED) is 0.0997. The van der Waals surface area contributed by atoms with Crippen LogP contribution in [0.1, 0.15) is 69.1 Å². The van der Waals surface area contributed by atoms with Gasteiger partial charge in [-0.05, 0) is 60.9 Å². The second-order valence-corrected chi connectivity index (χ2v) is 12.6. The van der Waals surface area contributed by atoms with E-state index in [0.29, 0.717) is 36.6 Å². The lowest BCUT2D eigenvalue weighted by atomic mass is 10.1. The second kappa shape index (κ2) is 18.1. The van der Waals surface area contributed by atoms with Gasteiger partial charge in [0.15, 0.2) is 0 Å². The number of hydrogen-bond acceptors (Lipinski definition) is 4. The molecule has 52 heavy (non-hydrogen) atoms. The maximum absolute atomic E-state index is 14.4. The lowest BCUT2D eigenvalue weighted by molar-refractivity contribution is -0.152. The van der Waals surface area contributed by atoms with Crippen molar-refractivity contribution >= 4 is 29.4 Å². The standard InChI is InChI=1S/C38H44F6N4O4/c1-3-5-13-19-45(20-14-6-4-2)35(50)46-21-22-47(36(51)48(31-15-9-7-10-16-31)32-17-11-8-12-18-32)33(26-46)34(49)52-27-28-23-29(37(39,40)41)25-30(24-28)38(42,43)44/h7-12,15-18,23-25,33H,3-6,13-14,19-22,26-27H2,1-2H3. The van der Waals surface area contributed by atoms with E-state index in [-0.39, 0.29) is 31.7 Å². The number of carbonyl (C=O) groups excluding carboxylic acids is 3. The molecule has 0 saturated carbocycles. The van der Waals surface area contributed by atoms with Crippen LogP contribution in [0.4, 0.5) is 47.3 Å². The van der Waals surface area contributed by atoms with Gasteiger partial charge in [0.1, 0.15) is 12.6 Å². The number of urea groups is 2. The smallest absolute Gasteiger partial charge is 0.416 e. The molecule has 1 unspecified atom stereocenters. The topological polar surface area (TPSA) is 73.4 Å². The summed E-state index contributed by atoms with van der Waals surface area (Å²) in [7, 11) is 0. The van der Waals surface area contributed by atoms with Crippen LogP contribution in [0.15, 0.2) is 78.9 Å². The van der Waals surface area contributed by atoms with Crippen LogP contribution in [0.2, 0.25) is 0 Å². The largest absolute Gasteiger partial charge is 0.459 e. The molecule has 8 nitrogen and oxygen atoms in total. The molecule has 0 radical (unpaired) electrons. The lowest BCUT2D eigenvalue weighted by Crippen LogP contribution is -2.63. The fraction of sp³-hybridized carbons (Fsp3) is 0.447. The molecule has 0 bridgehead atoms. The lowest BCUT2D eigenvalue weighted by Gasteiger charge is -2.43. The third-order valence-corrected chi connectivity index (χ3v) is 8.75. The fourth-order valence-electron chi connectivity index (χ4n) is 6.00. The Morgan fingerprint density at radius 2 is 1.21 bits per heavy atom. The summed E-state index contributed by atoms with van der Waals surface area (Å²) >= 11 is 0. The van der Waals surface area contributed by atoms with Gasteiger partial charge >= 0.3 is 30.4 Å². The number of anilines is 2. The number of rotatable bonds is 13. The molecule has 14 heteroatoms. The minimum atomic E-state index is -5.09. The Labute approximate surface area is 299 Å². The highest BCUT2D eigenvalue weighted by Crippen LogP contribution is 2.37. The summed E-state index contributed by atoms with van der Waals surface area (Å²) in [4.78, 5) is 48.0. The van der Waals surface area contributed by atoms with E-state index < -0.39 is 53.7 Å². The van der Waals surface area contributed by atoms with Crippen molar-refractivity contribution in [1.82, 2.24) is 14.7 Å². The van der Waals surface area contributed by atoms with Gasteiger partial charge in [-0.25, -0.2) is 14.4 Å². The monoisotopic (exact) mass is 734 g/mol. The number of unbranched alkanes of at least 4 members (excludes halogenated alkanes) is 4. The number of hydrogen-bond donors (Lipinski definition) is 0. The summed E-state index contributed by atoms with van der Waals surface area (Å²) in [5.41, 5.74) is -2.68. The summed E-state index contributed by atoms with van der Waals surface area (Å²) in [6.45, 7) is 3.84. The fourth-order valence-corrected chi connectivity index (χ4v) is 6.00. The Hall–Kier alpha value is -4.75. The summed E-state index contributed by atoms with van der Waals surface area (Å²) < 4.78 is 86.6. The number of alkyl halides is 6. The third-order valence-electron chi connectivity index (χ3n) is 8.75. The zero-order valence-corrected chi connectivity index (χ0v) is 29.3. The molecular formula is C38H44F6N4O4. The van der Waals surface area contributed by atoms with Gasteiger partial charge < -0.3 is 19.4 Å². The molecule has 4 amide bonds. The highest BCUT2D eigenvalue weighted by Gasteiger charge is 2.42. The Morgan fingerprint density at radius 3 is 1.67 bits per heavy atom. The first-order chi connectivity index (χ1) is 24.7. The van der Waals surface area contributed by atoms with Crippen molar-refractivity contribution in [2.45, 2.75) is 77.4 Å². The molecule has 4 rings (SSSR count). The minimum Gasteiger partial charge on any atom is -0.459 e. The number of esters is 1. The van der Waals surface area contributed by atoms with Crippen LogP contribution in [0.3, 0.4) is 0 Å². The molecule has 1 heterocycles. The van der Waals surface area contributed by atoms with Crippen molar-refractivity contribution in [1.29, 1.82) is 0 Å². The normalized spacial score (nSPS) is 15.0. The van der Waals surface area contributed by atoms with E-state index in [1.165, 1.54) is 14.7 Å². The van der Waals surface area contributed by atoms with Crippen LogP contribution >= 0.6 is 0 Å².